The van der Waals surface area contributed by atoms with Crippen molar-refractivity contribution in [1.82, 2.24) is 14.6 Å². The lowest BCUT2D eigenvalue weighted by Crippen LogP contribution is -2.21. The van der Waals surface area contributed by atoms with E-state index in [-0.39, 0.29) is 35.5 Å². The molecule has 1 fully saturated rings. The monoisotopic (exact) mass is 367 g/mol. The number of anilines is 1. The number of hydrogen-bond acceptors (Lipinski definition) is 6. The molecule has 0 radical (unpaired) electrons. The Morgan fingerprint density at radius 1 is 1.64 bits per heavy atom. The van der Waals surface area contributed by atoms with Crippen LogP contribution in [0.2, 0.25) is 5.02 Å². The van der Waals surface area contributed by atoms with Crippen molar-refractivity contribution in [3.8, 4) is 6.07 Å². The van der Waals surface area contributed by atoms with Crippen LogP contribution >= 0.6 is 11.6 Å². The molecule has 1 atom stereocenters. The maximum absolute atomic E-state index is 12.7. The molecule has 3 rings (SSSR count). The number of aryl methyl sites for hydroxylation is 1. The number of aliphatic hydroxyl groups is 1. The molecule has 0 spiro atoms. The lowest BCUT2D eigenvalue weighted by molar-refractivity contribution is -0.00535. The molecule has 0 aromatic carbocycles. The summed E-state index contributed by atoms with van der Waals surface area (Å²) in [4.78, 5) is 3.81. The van der Waals surface area contributed by atoms with Gasteiger partial charge in [-0.25, -0.2) is 13.9 Å². The van der Waals surface area contributed by atoms with E-state index in [1.54, 1.807) is 0 Å². The van der Waals surface area contributed by atoms with Gasteiger partial charge in [-0.3, -0.25) is 0 Å². The van der Waals surface area contributed by atoms with Crippen molar-refractivity contribution in [1.29, 1.82) is 5.26 Å². The summed E-state index contributed by atoms with van der Waals surface area (Å²) in [7, 11) is 0. The molecule has 1 saturated heterocycles. The highest BCUT2D eigenvalue weighted by molar-refractivity contribution is 6.35. The average molecular weight is 368 g/mol. The van der Waals surface area contributed by atoms with Gasteiger partial charge in [0, 0.05) is 13.0 Å². The molecule has 0 bridgehead atoms. The minimum absolute atomic E-state index is 0.0546. The van der Waals surface area contributed by atoms with Crippen molar-refractivity contribution < 1.29 is 14.2 Å². The van der Waals surface area contributed by atoms with Gasteiger partial charge in [-0.05, 0) is 19.3 Å². The number of nitrogens with two attached hydrogens (primary N) is 1. The van der Waals surface area contributed by atoms with E-state index >= 15 is 0 Å². The first-order valence-corrected chi connectivity index (χ1v) is 8.12. The summed E-state index contributed by atoms with van der Waals surface area (Å²) >= 11 is 6.05. The van der Waals surface area contributed by atoms with Crippen LogP contribution in [-0.2, 0) is 11.2 Å². The van der Waals surface area contributed by atoms with Gasteiger partial charge in [0.1, 0.15) is 11.6 Å². The first-order valence-electron chi connectivity index (χ1n) is 7.74. The van der Waals surface area contributed by atoms with Crippen LogP contribution in [0.3, 0.4) is 0 Å². The van der Waals surface area contributed by atoms with Crippen LogP contribution in [0.5, 0.6) is 0 Å². The maximum Gasteiger partial charge on any atom is 0.238 e. The predicted molar refractivity (Wildman–Crippen MR) is 91.8 cm³/mol. The van der Waals surface area contributed by atoms with Gasteiger partial charge < -0.3 is 15.6 Å². The fourth-order valence-corrected chi connectivity index (χ4v) is 2.68. The molecule has 134 valence electrons. The topological polar surface area (TPSA) is 109 Å². The van der Waals surface area contributed by atoms with Crippen molar-refractivity contribution >= 4 is 23.1 Å². The number of nitriles is 1. The Morgan fingerprint density at radius 3 is 2.92 bits per heavy atom. The van der Waals surface area contributed by atoms with Crippen molar-refractivity contribution in [2.45, 2.75) is 31.8 Å². The van der Waals surface area contributed by atoms with Crippen LogP contribution in [0.25, 0.3) is 5.52 Å². The Hall–Kier alpha value is -2.21. The smallest absolute Gasteiger partial charge is 0.238 e. The second kappa shape index (κ2) is 8.76. The molecule has 3 heterocycles. The van der Waals surface area contributed by atoms with E-state index in [1.807, 2.05) is 6.07 Å². The second-order valence-corrected chi connectivity index (χ2v) is 5.93. The lowest BCUT2D eigenvalue weighted by Gasteiger charge is -2.15. The molecule has 1 aliphatic heterocycles. The molecule has 1 unspecified atom stereocenters. The van der Waals surface area contributed by atoms with E-state index in [9.17, 15) is 4.39 Å². The maximum atomic E-state index is 12.7. The predicted octanol–water partition coefficient (Wildman–Crippen LogP) is 2.41. The molecular formula is C16H19ClFN5O2. The van der Waals surface area contributed by atoms with E-state index in [2.05, 4.69) is 16.7 Å². The third-order valence-electron chi connectivity index (χ3n) is 3.62. The largest absolute Gasteiger partial charge is 0.391 e. The van der Waals surface area contributed by atoms with Crippen molar-refractivity contribution in [3.05, 3.63) is 34.9 Å². The van der Waals surface area contributed by atoms with Gasteiger partial charge in [0.05, 0.1) is 41.0 Å². The normalized spacial score (nSPS) is 16.8. The summed E-state index contributed by atoms with van der Waals surface area (Å²) in [6, 6.07) is 1.98. The summed E-state index contributed by atoms with van der Waals surface area (Å²) in [5.41, 5.74) is 6.73. The van der Waals surface area contributed by atoms with Gasteiger partial charge in [0.2, 0.25) is 5.95 Å². The fourth-order valence-electron chi connectivity index (χ4n) is 2.40. The lowest BCUT2D eigenvalue weighted by atomic mass is 10.1. The number of nitrogens with zero attached hydrogens (tertiary/aromatic N) is 4. The fraction of sp³-hybridized carbons (Fsp3) is 0.438. The minimum atomic E-state index is -0.466. The van der Waals surface area contributed by atoms with Crippen LogP contribution in [0.4, 0.5) is 10.3 Å². The molecule has 7 nitrogen and oxygen atoms in total. The van der Waals surface area contributed by atoms with Crippen molar-refractivity contribution in [2.75, 3.05) is 18.9 Å². The van der Waals surface area contributed by atoms with E-state index in [1.165, 1.54) is 10.7 Å². The van der Waals surface area contributed by atoms with E-state index in [0.717, 1.165) is 19.4 Å². The Bertz CT molecular complexity index is 796. The SMILES string of the molecule is C=C(F)CCc1c(C#N)c(Cl)c2cnc(N)nn12.OC1CCCOC1. The van der Waals surface area contributed by atoms with Crippen LogP contribution in [0.15, 0.2) is 18.6 Å². The van der Waals surface area contributed by atoms with Gasteiger partial charge in [-0.15, -0.1) is 5.10 Å². The van der Waals surface area contributed by atoms with E-state index < -0.39 is 5.83 Å². The highest BCUT2D eigenvalue weighted by Crippen LogP contribution is 2.28. The molecular weight excluding hydrogens is 349 g/mol. The number of hydrogen-bond donors (Lipinski definition) is 2. The number of nitrogen functional groups attached to an aromatic ring is 1. The molecule has 0 aliphatic carbocycles. The highest BCUT2D eigenvalue weighted by atomic mass is 35.5. The summed E-state index contributed by atoms with van der Waals surface area (Å²) in [5, 5.41) is 22.1. The number of aliphatic hydroxyl groups excluding tert-OH is 1. The zero-order chi connectivity index (χ0) is 18.4. The second-order valence-electron chi connectivity index (χ2n) is 5.55. The molecule has 9 heteroatoms. The molecule has 1 aliphatic rings. The van der Waals surface area contributed by atoms with Crippen LogP contribution in [0, 0.1) is 11.3 Å². The van der Waals surface area contributed by atoms with Crippen LogP contribution in [0.1, 0.15) is 30.5 Å². The quantitative estimate of drug-likeness (QED) is 0.862. The average Bonchev–Trinajstić information content (AvgIpc) is 2.85. The van der Waals surface area contributed by atoms with Crippen molar-refractivity contribution in [2.24, 2.45) is 0 Å². The minimum Gasteiger partial charge on any atom is -0.391 e. The molecule has 0 amide bonds. The van der Waals surface area contributed by atoms with Gasteiger partial charge in [0.15, 0.2) is 0 Å². The Labute approximate surface area is 149 Å². The number of rotatable bonds is 3. The zero-order valence-corrected chi connectivity index (χ0v) is 14.3. The van der Waals surface area contributed by atoms with Gasteiger partial charge in [-0.1, -0.05) is 18.2 Å². The standard InChI is InChI=1S/C11H9ClFN5.C5H10O2/c1-6(13)2-3-8-7(4-14)10(12)9-5-16-11(15)17-18(8)9;6-5-2-1-3-7-4-5/h5H,1-3H2,(H2,15,17);5-6H,1-4H2. The van der Waals surface area contributed by atoms with E-state index in [0.29, 0.717) is 17.8 Å². The highest BCUT2D eigenvalue weighted by Gasteiger charge is 2.18. The Balaban J connectivity index is 0.000000269. The number of fused-ring (bicyclic) bond motifs is 1. The van der Waals surface area contributed by atoms with Crippen molar-refractivity contribution in [3.63, 3.8) is 0 Å². The first kappa shape index (κ1) is 19.1. The number of aromatic nitrogens is 3. The Kier molecular flexibility index (Phi) is 6.70. The van der Waals surface area contributed by atoms with Gasteiger partial charge >= 0.3 is 0 Å². The van der Waals surface area contributed by atoms with Crippen LogP contribution < -0.4 is 5.73 Å². The summed E-state index contributed by atoms with van der Waals surface area (Å²) in [5.74, 6) is -0.411. The molecule has 2 aromatic rings. The van der Waals surface area contributed by atoms with Crippen LogP contribution in [-0.4, -0.2) is 39.0 Å². The Morgan fingerprint density at radius 2 is 2.40 bits per heavy atom. The summed E-state index contributed by atoms with van der Waals surface area (Å²) < 4.78 is 19.1. The van der Waals surface area contributed by atoms with Gasteiger partial charge in [0.25, 0.3) is 0 Å². The third kappa shape index (κ3) is 4.89. The molecule has 25 heavy (non-hydrogen) atoms. The molecule has 2 aromatic heterocycles. The number of halogens is 2. The molecule has 0 saturated carbocycles. The molecule has 3 N–H and O–H groups in total. The first-order chi connectivity index (χ1) is 11.9. The summed E-state index contributed by atoms with van der Waals surface area (Å²) in [6.07, 6.45) is 3.54. The number of allylic oxidation sites excluding steroid dienone is 1. The van der Waals surface area contributed by atoms with Gasteiger partial charge in [-0.2, -0.15) is 5.26 Å². The van der Waals surface area contributed by atoms with E-state index in [4.69, 9.17) is 32.4 Å². The number of ether oxygens (including phenoxy) is 1. The third-order valence-corrected chi connectivity index (χ3v) is 4.00. The summed E-state index contributed by atoms with van der Waals surface area (Å²) in [6.45, 7) is 4.55. The zero-order valence-electron chi connectivity index (χ0n) is 13.6.